The molecule has 134 valence electrons. The first kappa shape index (κ1) is 20.3. The molecule has 1 aliphatic heterocycles. The predicted molar refractivity (Wildman–Crippen MR) is 93.6 cm³/mol. The standard InChI is InChI=1S/C16H23N3O4.ClH/c1-12-11-13(19(21)22)3-4-15(12)16(20)18-8-5-14(6-9-18)23-10-2-7-17;/h3-4,11,14H,2,5-10,17H2,1H3;1H. The van der Waals surface area contributed by atoms with Crippen molar-refractivity contribution >= 4 is 24.0 Å². The molecule has 1 aliphatic rings. The lowest BCUT2D eigenvalue weighted by Crippen LogP contribution is -2.41. The van der Waals surface area contributed by atoms with Crippen molar-refractivity contribution in [3.05, 3.63) is 39.4 Å². The average Bonchev–Trinajstić information content (AvgIpc) is 2.55. The van der Waals surface area contributed by atoms with Crippen molar-refractivity contribution in [3.8, 4) is 0 Å². The average molecular weight is 358 g/mol. The molecule has 0 unspecified atom stereocenters. The maximum atomic E-state index is 12.6. The third-order valence-electron chi connectivity index (χ3n) is 4.08. The number of ether oxygens (including phenoxy) is 1. The Morgan fingerprint density at radius 2 is 2.08 bits per heavy atom. The summed E-state index contributed by atoms with van der Waals surface area (Å²) < 4.78 is 5.73. The summed E-state index contributed by atoms with van der Waals surface area (Å²) in [6.07, 6.45) is 2.65. The third kappa shape index (κ3) is 5.15. The Labute approximate surface area is 147 Å². The van der Waals surface area contributed by atoms with Gasteiger partial charge >= 0.3 is 0 Å². The largest absolute Gasteiger partial charge is 0.378 e. The molecule has 0 atom stereocenters. The normalized spacial score (nSPS) is 15.0. The smallest absolute Gasteiger partial charge is 0.269 e. The number of halogens is 1. The van der Waals surface area contributed by atoms with Crippen molar-refractivity contribution in [2.45, 2.75) is 32.3 Å². The van der Waals surface area contributed by atoms with Crippen molar-refractivity contribution < 1.29 is 14.5 Å². The van der Waals surface area contributed by atoms with Crippen LogP contribution in [0.2, 0.25) is 0 Å². The molecule has 0 bridgehead atoms. The maximum absolute atomic E-state index is 12.6. The van der Waals surface area contributed by atoms with Crippen LogP contribution in [0.5, 0.6) is 0 Å². The van der Waals surface area contributed by atoms with Gasteiger partial charge in [0.15, 0.2) is 0 Å². The van der Waals surface area contributed by atoms with E-state index in [1.165, 1.54) is 12.1 Å². The van der Waals surface area contributed by atoms with Crippen LogP contribution in [0, 0.1) is 17.0 Å². The molecule has 1 amide bonds. The highest BCUT2D eigenvalue weighted by Gasteiger charge is 2.25. The highest BCUT2D eigenvalue weighted by Crippen LogP contribution is 2.21. The van der Waals surface area contributed by atoms with Gasteiger partial charge in [0.05, 0.1) is 11.0 Å². The highest BCUT2D eigenvalue weighted by atomic mass is 35.5. The number of non-ortho nitro benzene ring substituents is 1. The molecule has 2 N–H and O–H groups in total. The molecule has 0 aromatic heterocycles. The molecule has 7 nitrogen and oxygen atoms in total. The van der Waals surface area contributed by atoms with Crippen LogP contribution in [0.25, 0.3) is 0 Å². The maximum Gasteiger partial charge on any atom is 0.269 e. The minimum atomic E-state index is -0.453. The van der Waals surface area contributed by atoms with Crippen LogP contribution >= 0.6 is 12.4 Å². The van der Waals surface area contributed by atoms with Crippen molar-refractivity contribution in [2.75, 3.05) is 26.2 Å². The van der Waals surface area contributed by atoms with Gasteiger partial charge in [0.1, 0.15) is 0 Å². The fraction of sp³-hybridized carbons (Fsp3) is 0.562. The topological polar surface area (TPSA) is 98.7 Å². The van der Waals surface area contributed by atoms with E-state index in [4.69, 9.17) is 10.5 Å². The minimum Gasteiger partial charge on any atom is -0.378 e. The Kier molecular flexibility index (Phi) is 8.10. The molecule has 8 heteroatoms. The number of carbonyl (C=O) groups excluding carboxylic acids is 1. The van der Waals surface area contributed by atoms with Gasteiger partial charge in [0, 0.05) is 37.4 Å². The van der Waals surface area contributed by atoms with Crippen LogP contribution in [0.1, 0.15) is 35.2 Å². The van der Waals surface area contributed by atoms with Crippen LogP contribution in [0.4, 0.5) is 5.69 Å². The van der Waals surface area contributed by atoms with Gasteiger partial charge in [-0.1, -0.05) is 0 Å². The minimum absolute atomic E-state index is 0. The summed E-state index contributed by atoms with van der Waals surface area (Å²) in [6.45, 7) is 4.29. The van der Waals surface area contributed by atoms with Gasteiger partial charge in [-0.2, -0.15) is 0 Å². The quantitative estimate of drug-likeness (QED) is 0.478. The van der Waals surface area contributed by atoms with E-state index in [1.54, 1.807) is 17.9 Å². The van der Waals surface area contributed by atoms with Gasteiger partial charge in [-0.15, -0.1) is 12.4 Å². The number of piperidine rings is 1. The molecule has 2 rings (SSSR count). The van der Waals surface area contributed by atoms with Gasteiger partial charge in [-0.25, -0.2) is 0 Å². The molecule has 1 heterocycles. The van der Waals surface area contributed by atoms with Crippen molar-refractivity contribution in [1.82, 2.24) is 4.90 Å². The molecule has 1 aromatic rings. The van der Waals surface area contributed by atoms with Crippen LogP contribution in [0.3, 0.4) is 0 Å². The fourth-order valence-corrected chi connectivity index (χ4v) is 2.73. The lowest BCUT2D eigenvalue weighted by molar-refractivity contribution is -0.384. The zero-order valence-corrected chi connectivity index (χ0v) is 14.6. The summed E-state index contributed by atoms with van der Waals surface area (Å²) in [7, 11) is 0. The summed E-state index contributed by atoms with van der Waals surface area (Å²) in [5, 5.41) is 10.8. The molecule has 0 radical (unpaired) electrons. The van der Waals surface area contributed by atoms with E-state index in [2.05, 4.69) is 0 Å². The van der Waals surface area contributed by atoms with Crippen LogP contribution in [0.15, 0.2) is 18.2 Å². The number of nitro benzene ring substituents is 1. The first-order chi connectivity index (χ1) is 11.0. The number of nitrogens with zero attached hydrogens (tertiary/aromatic N) is 2. The molecule has 1 aromatic carbocycles. The number of hydrogen-bond donors (Lipinski definition) is 1. The molecule has 1 fully saturated rings. The second-order valence-corrected chi connectivity index (χ2v) is 5.76. The zero-order valence-electron chi connectivity index (χ0n) is 13.8. The molecular weight excluding hydrogens is 334 g/mol. The summed E-state index contributed by atoms with van der Waals surface area (Å²) in [6, 6.07) is 4.36. The van der Waals surface area contributed by atoms with E-state index in [1.807, 2.05) is 0 Å². The zero-order chi connectivity index (χ0) is 16.8. The first-order valence-corrected chi connectivity index (χ1v) is 7.89. The molecule has 24 heavy (non-hydrogen) atoms. The third-order valence-corrected chi connectivity index (χ3v) is 4.08. The van der Waals surface area contributed by atoms with Crippen molar-refractivity contribution in [2.24, 2.45) is 5.73 Å². The van der Waals surface area contributed by atoms with E-state index in [-0.39, 0.29) is 30.1 Å². The highest BCUT2D eigenvalue weighted by molar-refractivity contribution is 5.96. The molecular formula is C16H24ClN3O4. The number of carbonyl (C=O) groups is 1. The number of aryl methyl sites for hydroxylation is 1. The number of nitrogens with two attached hydrogens (primary N) is 1. The lowest BCUT2D eigenvalue weighted by atomic mass is 10.0. The van der Waals surface area contributed by atoms with Crippen molar-refractivity contribution in [1.29, 1.82) is 0 Å². The summed E-state index contributed by atoms with van der Waals surface area (Å²) in [4.78, 5) is 24.7. The van der Waals surface area contributed by atoms with Gasteiger partial charge in [-0.05, 0) is 44.4 Å². The Hall–Kier alpha value is -1.70. The van der Waals surface area contributed by atoms with E-state index >= 15 is 0 Å². The Morgan fingerprint density at radius 3 is 2.62 bits per heavy atom. The number of benzene rings is 1. The van der Waals surface area contributed by atoms with Gasteiger partial charge in [-0.3, -0.25) is 14.9 Å². The second kappa shape index (κ2) is 9.56. The summed E-state index contributed by atoms with van der Waals surface area (Å²) >= 11 is 0. The summed E-state index contributed by atoms with van der Waals surface area (Å²) in [5.74, 6) is -0.0715. The van der Waals surface area contributed by atoms with Crippen LogP contribution in [-0.4, -0.2) is 48.1 Å². The Bertz CT molecular complexity index is 574. The molecule has 1 saturated heterocycles. The van der Waals surface area contributed by atoms with E-state index < -0.39 is 4.92 Å². The van der Waals surface area contributed by atoms with E-state index in [9.17, 15) is 14.9 Å². The monoisotopic (exact) mass is 357 g/mol. The number of amides is 1. The van der Waals surface area contributed by atoms with E-state index in [0.717, 1.165) is 19.3 Å². The molecule has 0 saturated carbocycles. The van der Waals surface area contributed by atoms with Crippen LogP contribution in [-0.2, 0) is 4.74 Å². The van der Waals surface area contributed by atoms with Gasteiger partial charge in [0.2, 0.25) is 0 Å². The van der Waals surface area contributed by atoms with Crippen LogP contribution < -0.4 is 5.73 Å². The first-order valence-electron chi connectivity index (χ1n) is 7.89. The van der Waals surface area contributed by atoms with Gasteiger partial charge < -0.3 is 15.4 Å². The fourth-order valence-electron chi connectivity index (χ4n) is 2.73. The Balaban J connectivity index is 0.00000288. The number of likely N-dealkylation sites (tertiary alicyclic amines) is 1. The second-order valence-electron chi connectivity index (χ2n) is 5.76. The van der Waals surface area contributed by atoms with Gasteiger partial charge in [0.25, 0.3) is 11.6 Å². The SMILES string of the molecule is Cc1cc([N+](=O)[O-])ccc1C(=O)N1CCC(OCCCN)CC1.Cl. The summed E-state index contributed by atoms with van der Waals surface area (Å²) in [5.41, 5.74) is 6.60. The number of nitro groups is 1. The lowest BCUT2D eigenvalue weighted by Gasteiger charge is -2.32. The Morgan fingerprint density at radius 1 is 1.42 bits per heavy atom. The number of hydrogen-bond acceptors (Lipinski definition) is 5. The molecule has 0 aliphatic carbocycles. The van der Waals surface area contributed by atoms with Crippen molar-refractivity contribution in [3.63, 3.8) is 0 Å². The van der Waals surface area contributed by atoms with E-state index in [0.29, 0.717) is 37.4 Å². The predicted octanol–water partition coefficient (Wildman–Crippen LogP) is 2.30. The number of rotatable bonds is 6. The molecule has 0 spiro atoms.